The van der Waals surface area contributed by atoms with Crippen LogP contribution in [0.5, 0.6) is 0 Å². The zero-order valence-electron chi connectivity index (χ0n) is 24.2. The first kappa shape index (κ1) is 32.1. The number of esters is 1. The average molecular weight is 669 g/mol. The highest BCUT2D eigenvalue weighted by Crippen LogP contribution is 2.39. The molecule has 0 spiro atoms. The summed E-state index contributed by atoms with van der Waals surface area (Å²) in [5.74, 6) is -1.01. The van der Waals surface area contributed by atoms with Gasteiger partial charge in [0.25, 0.3) is 5.91 Å². The molecule has 44 heavy (non-hydrogen) atoms. The van der Waals surface area contributed by atoms with Crippen LogP contribution in [0.15, 0.2) is 77.7 Å². The highest BCUT2D eigenvalue weighted by molar-refractivity contribution is 8.00. The van der Waals surface area contributed by atoms with Crippen molar-refractivity contribution in [1.82, 2.24) is 4.90 Å². The number of nitrogens with zero attached hydrogens (tertiary/aromatic N) is 1. The van der Waals surface area contributed by atoms with Crippen molar-refractivity contribution in [2.45, 2.75) is 43.0 Å². The third-order valence-electron chi connectivity index (χ3n) is 7.22. The first-order valence-electron chi connectivity index (χ1n) is 14.1. The smallest absolute Gasteiger partial charge is 0.341 e. The number of carbonyl (C=O) groups is 3. The van der Waals surface area contributed by atoms with Gasteiger partial charge in [0.1, 0.15) is 5.00 Å². The molecule has 1 unspecified atom stereocenters. The molecule has 2 amide bonds. The van der Waals surface area contributed by atoms with E-state index >= 15 is 0 Å². The van der Waals surface area contributed by atoms with E-state index in [1.807, 2.05) is 43.3 Å². The number of benzene rings is 3. The van der Waals surface area contributed by atoms with E-state index in [0.29, 0.717) is 46.2 Å². The van der Waals surface area contributed by atoms with Crippen LogP contribution in [0.25, 0.3) is 0 Å². The quantitative estimate of drug-likeness (QED) is 0.131. The molecule has 2 heterocycles. The number of anilines is 2. The summed E-state index contributed by atoms with van der Waals surface area (Å²) in [5, 5.41) is 6.69. The number of methoxy groups -OCH3 is 1. The highest BCUT2D eigenvalue weighted by atomic mass is 35.5. The Hall–Kier alpha value is -3.34. The molecule has 0 bridgehead atoms. The monoisotopic (exact) mass is 667 g/mol. The molecule has 7 nitrogen and oxygen atoms in total. The van der Waals surface area contributed by atoms with Gasteiger partial charge in [-0.1, -0.05) is 66.5 Å². The fourth-order valence-corrected chi connectivity index (χ4v) is 7.83. The van der Waals surface area contributed by atoms with E-state index in [0.717, 1.165) is 28.4 Å². The fourth-order valence-electron chi connectivity index (χ4n) is 5.04. The second kappa shape index (κ2) is 14.6. The van der Waals surface area contributed by atoms with Gasteiger partial charge in [0.2, 0.25) is 5.91 Å². The van der Waals surface area contributed by atoms with E-state index < -0.39 is 11.2 Å². The first-order chi connectivity index (χ1) is 21.2. The maximum absolute atomic E-state index is 13.6. The molecule has 0 saturated carbocycles. The molecule has 4 aromatic rings. The predicted molar refractivity (Wildman–Crippen MR) is 179 cm³/mol. The highest BCUT2D eigenvalue weighted by Gasteiger charge is 2.30. The number of halogens is 2. The number of amides is 2. The number of nitrogens with one attached hydrogen (secondary N) is 2. The van der Waals surface area contributed by atoms with Gasteiger partial charge in [-0.15, -0.1) is 23.1 Å². The predicted octanol–water partition coefficient (Wildman–Crippen LogP) is 8.16. The first-order valence-corrected chi connectivity index (χ1v) is 16.5. The molecule has 0 radical (unpaired) electrons. The van der Waals surface area contributed by atoms with Crippen molar-refractivity contribution in [1.29, 1.82) is 0 Å². The van der Waals surface area contributed by atoms with Crippen molar-refractivity contribution in [2.24, 2.45) is 0 Å². The van der Waals surface area contributed by atoms with Crippen molar-refractivity contribution in [3.05, 3.63) is 110 Å². The minimum absolute atomic E-state index is 0.204. The van der Waals surface area contributed by atoms with E-state index in [1.54, 1.807) is 18.2 Å². The molecular formula is C33H31Cl2N3O4S2. The molecule has 0 aliphatic carbocycles. The third kappa shape index (κ3) is 7.65. The topological polar surface area (TPSA) is 87.7 Å². The lowest BCUT2D eigenvalue weighted by Crippen LogP contribution is -2.30. The molecule has 1 aliphatic rings. The lowest BCUT2D eigenvalue weighted by Gasteiger charge is -2.27. The number of thioether (sulfide) groups is 1. The Morgan fingerprint density at radius 1 is 1.02 bits per heavy atom. The second-order valence-corrected chi connectivity index (χ2v) is 13.5. The number of ether oxygens (including phenoxy) is 1. The number of fused-ring (bicyclic) bond motifs is 1. The maximum atomic E-state index is 13.6. The SMILES string of the molecule is CCC(Sc1cccc(NC(=O)c2ccc(Cl)cc2Cl)c1)C(=O)Nc1sc2c(c1C(=O)OC)CCN(Cc1ccccc1)C2. The Bertz CT molecular complexity index is 1680. The minimum atomic E-state index is -0.445. The normalized spacial score (nSPS) is 13.5. The number of hydrogen-bond donors (Lipinski definition) is 2. The summed E-state index contributed by atoms with van der Waals surface area (Å²) in [4.78, 5) is 43.5. The van der Waals surface area contributed by atoms with Crippen LogP contribution in [-0.2, 0) is 29.0 Å². The molecule has 0 fully saturated rings. The van der Waals surface area contributed by atoms with Crippen LogP contribution in [0.1, 0.15) is 50.1 Å². The van der Waals surface area contributed by atoms with Crippen molar-refractivity contribution >= 4 is 74.8 Å². The van der Waals surface area contributed by atoms with Crippen LogP contribution in [0.4, 0.5) is 10.7 Å². The Labute approximate surface area is 274 Å². The largest absolute Gasteiger partial charge is 0.465 e. The van der Waals surface area contributed by atoms with Gasteiger partial charge in [0, 0.05) is 40.1 Å². The number of thiophene rings is 1. The van der Waals surface area contributed by atoms with Crippen LogP contribution in [0.2, 0.25) is 10.0 Å². The van der Waals surface area contributed by atoms with Gasteiger partial charge in [0.15, 0.2) is 0 Å². The average Bonchev–Trinajstić information content (AvgIpc) is 3.36. The molecule has 2 N–H and O–H groups in total. The molecule has 1 atom stereocenters. The fraction of sp³-hybridized carbons (Fsp3) is 0.242. The Kier molecular flexibility index (Phi) is 10.7. The summed E-state index contributed by atoms with van der Waals surface area (Å²) in [6.45, 7) is 4.25. The summed E-state index contributed by atoms with van der Waals surface area (Å²) in [5.41, 5.74) is 3.51. The van der Waals surface area contributed by atoms with Crippen LogP contribution in [-0.4, -0.2) is 41.6 Å². The number of carbonyl (C=O) groups excluding carboxylic acids is 3. The zero-order chi connectivity index (χ0) is 31.2. The van der Waals surface area contributed by atoms with Gasteiger partial charge in [-0.05, 0) is 60.4 Å². The Balaban J connectivity index is 1.28. The zero-order valence-corrected chi connectivity index (χ0v) is 27.3. The van der Waals surface area contributed by atoms with E-state index in [2.05, 4.69) is 27.7 Å². The van der Waals surface area contributed by atoms with Crippen LogP contribution in [0.3, 0.4) is 0 Å². The standard InChI is InChI=1S/C33H31Cl2N3O4S2/c1-3-27(43-23-11-7-10-22(17-23)36-30(39)24-13-12-21(34)16-26(24)35)31(40)37-32-29(33(41)42-2)25-14-15-38(19-28(25)44-32)18-20-8-5-4-6-9-20/h4-13,16-17,27H,3,14-15,18-19H2,1-2H3,(H,36,39)(H,37,40). The Morgan fingerprint density at radius 2 is 1.82 bits per heavy atom. The number of rotatable bonds is 10. The van der Waals surface area contributed by atoms with Crippen molar-refractivity contribution in [2.75, 3.05) is 24.3 Å². The lowest BCUT2D eigenvalue weighted by molar-refractivity contribution is -0.115. The molecule has 0 saturated heterocycles. The van der Waals surface area contributed by atoms with Gasteiger partial charge in [-0.2, -0.15) is 0 Å². The molecular weight excluding hydrogens is 637 g/mol. The van der Waals surface area contributed by atoms with E-state index in [1.165, 1.54) is 41.8 Å². The summed E-state index contributed by atoms with van der Waals surface area (Å²) in [6, 6.07) is 22.3. The van der Waals surface area contributed by atoms with E-state index in [4.69, 9.17) is 27.9 Å². The molecule has 1 aromatic heterocycles. The van der Waals surface area contributed by atoms with E-state index in [9.17, 15) is 14.4 Å². The van der Waals surface area contributed by atoms with Gasteiger partial charge in [-0.3, -0.25) is 14.5 Å². The van der Waals surface area contributed by atoms with Crippen molar-refractivity contribution < 1.29 is 19.1 Å². The van der Waals surface area contributed by atoms with Gasteiger partial charge in [-0.25, -0.2) is 4.79 Å². The summed E-state index contributed by atoms with van der Waals surface area (Å²) < 4.78 is 5.13. The minimum Gasteiger partial charge on any atom is -0.465 e. The molecule has 3 aromatic carbocycles. The van der Waals surface area contributed by atoms with Crippen LogP contribution < -0.4 is 10.6 Å². The Morgan fingerprint density at radius 3 is 2.55 bits per heavy atom. The van der Waals surface area contributed by atoms with Gasteiger partial charge in [0.05, 0.1) is 28.5 Å². The number of hydrogen-bond acceptors (Lipinski definition) is 7. The van der Waals surface area contributed by atoms with E-state index in [-0.39, 0.29) is 16.8 Å². The molecule has 5 rings (SSSR count). The van der Waals surface area contributed by atoms with Crippen LogP contribution >= 0.6 is 46.3 Å². The van der Waals surface area contributed by atoms with Gasteiger partial charge < -0.3 is 15.4 Å². The van der Waals surface area contributed by atoms with Gasteiger partial charge >= 0.3 is 5.97 Å². The lowest BCUT2D eigenvalue weighted by atomic mass is 10.0. The molecule has 11 heteroatoms. The molecule has 228 valence electrons. The summed E-state index contributed by atoms with van der Waals surface area (Å²) in [7, 11) is 1.36. The van der Waals surface area contributed by atoms with Crippen molar-refractivity contribution in [3.63, 3.8) is 0 Å². The summed E-state index contributed by atoms with van der Waals surface area (Å²) >= 11 is 15.0. The van der Waals surface area contributed by atoms with Crippen molar-refractivity contribution in [3.8, 4) is 0 Å². The summed E-state index contributed by atoms with van der Waals surface area (Å²) in [6.07, 6.45) is 1.25. The molecule has 1 aliphatic heterocycles. The maximum Gasteiger partial charge on any atom is 0.341 e. The second-order valence-electron chi connectivity index (χ2n) is 10.3. The third-order valence-corrected chi connectivity index (χ3v) is 10.3. The van der Waals surface area contributed by atoms with Crippen LogP contribution in [0, 0.1) is 0 Å².